The molecule has 0 radical (unpaired) electrons. The first-order chi connectivity index (χ1) is 9.17. The Hall–Kier alpha value is -0.650. The molecule has 1 aliphatic rings. The van der Waals surface area contributed by atoms with Crippen molar-refractivity contribution in [2.24, 2.45) is 11.7 Å². The van der Waals surface area contributed by atoms with Gasteiger partial charge >= 0.3 is 0 Å². The lowest BCUT2D eigenvalue weighted by molar-refractivity contribution is -0.132. The predicted molar refractivity (Wildman–Crippen MR) is 74.7 cm³/mol. The van der Waals surface area contributed by atoms with Gasteiger partial charge in [0.2, 0.25) is 5.91 Å². The number of methoxy groups -OCH3 is 1. The van der Waals surface area contributed by atoms with Crippen LogP contribution in [-0.4, -0.2) is 55.4 Å². The van der Waals surface area contributed by atoms with Gasteiger partial charge in [-0.3, -0.25) is 4.79 Å². The quantitative estimate of drug-likeness (QED) is 0.684. The molecule has 2 unspecified atom stereocenters. The first-order valence-corrected chi connectivity index (χ1v) is 7.30. The van der Waals surface area contributed by atoms with E-state index in [0.717, 1.165) is 19.3 Å². The Balaban J connectivity index is 2.30. The first kappa shape index (κ1) is 16.4. The molecular weight excluding hydrogens is 244 g/mol. The highest BCUT2D eigenvalue weighted by Crippen LogP contribution is 2.27. The van der Waals surface area contributed by atoms with Crippen LogP contribution in [0.15, 0.2) is 0 Å². The molecule has 1 rings (SSSR count). The van der Waals surface area contributed by atoms with Crippen LogP contribution in [0.4, 0.5) is 0 Å². The number of nitrogens with two attached hydrogens (primary N) is 1. The lowest BCUT2D eigenvalue weighted by Gasteiger charge is -2.27. The summed E-state index contributed by atoms with van der Waals surface area (Å²) in [6.45, 7) is 1.47. The zero-order valence-corrected chi connectivity index (χ0v) is 12.0. The molecule has 0 spiro atoms. The topological polar surface area (TPSA) is 75.8 Å². The number of amides is 1. The first-order valence-electron chi connectivity index (χ1n) is 7.30. The second-order valence-corrected chi connectivity index (χ2v) is 5.43. The molecule has 0 bridgehead atoms. The molecule has 1 amide bonds. The monoisotopic (exact) mass is 272 g/mol. The summed E-state index contributed by atoms with van der Waals surface area (Å²) >= 11 is 0. The Kier molecular flexibility index (Phi) is 8.02. The Morgan fingerprint density at radius 1 is 1.42 bits per heavy atom. The molecule has 0 aromatic heterocycles. The van der Waals surface area contributed by atoms with Crippen molar-refractivity contribution in [1.29, 1.82) is 0 Å². The van der Waals surface area contributed by atoms with Crippen molar-refractivity contribution in [3.63, 3.8) is 0 Å². The average molecular weight is 272 g/mol. The number of hydrogen-bond donors (Lipinski definition) is 2. The van der Waals surface area contributed by atoms with Crippen LogP contribution in [0.2, 0.25) is 0 Å². The lowest BCUT2D eigenvalue weighted by Crippen LogP contribution is -2.36. The molecule has 112 valence electrons. The standard InChI is InChI=1S/C14H28N2O3/c1-19-10-8-16(7-9-17)14(18)6-5-12-3-2-4-13(15)11-12/h12-13,17H,2-11,15H2,1H3. The zero-order valence-electron chi connectivity index (χ0n) is 12.0. The minimum absolute atomic E-state index is 0.00373. The molecule has 0 aliphatic heterocycles. The Bertz CT molecular complexity index is 261. The third-order valence-electron chi connectivity index (χ3n) is 3.88. The van der Waals surface area contributed by atoms with E-state index < -0.39 is 0 Å². The number of carbonyl (C=O) groups is 1. The van der Waals surface area contributed by atoms with Gasteiger partial charge < -0.3 is 20.5 Å². The van der Waals surface area contributed by atoms with Gasteiger partial charge in [-0.2, -0.15) is 0 Å². The van der Waals surface area contributed by atoms with Crippen LogP contribution in [0.5, 0.6) is 0 Å². The van der Waals surface area contributed by atoms with Crippen LogP contribution in [-0.2, 0) is 9.53 Å². The minimum atomic E-state index is 0.00373. The van der Waals surface area contributed by atoms with Crippen molar-refractivity contribution in [1.82, 2.24) is 4.90 Å². The summed E-state index contributed by atoms with van der Waals surface area (Å²) in [5.74, 6) is 0.705. The third-order valence-corrected chi connectivity index (χ3v) is 3.88. The van der Waals surface area contributed by atoms with Crippen LogP contribution in [0.1, 0.15) is 38.5 Å². The van der Waals surface area contributed by atoms with Crippen molar-refractivity contribution >= 4 is 5.91 Å². The summed E-state index contributed by atoms with van der Waals surface area (Å²) in [5, 5.41) is 8.99. The molecule has 1 saturated carbocycles. The Morgan fingerprint density at radius 2 is 2.21 bits per heavy atom. The number of aliphatic hydroxyl groups excluding tert-OH is 1. The molecule has 1 fully saturated rings. The maximum atomic E-state index is 12.1. The fraction of sp³-hybridized carbons (Fsp3) is 0.929. The highest BCUT2D eigenvalue weighted by atomic mass is 16.5. The van der Waals surface area contributed by atoms with E-state index in [-0.39, 0.29) is 12.5 Å². The van der Waals surface area contributed by atoms with Gasteiger partial charge in [-0.05, 0) is 25.2 Å². The van der Waals surface area contributed by atoms with E-state index >= 15 is 0 Å². The minimum Gasteiger partial charge on any atom is -0.395 e. The fourth-order valence-electron chi connectivity index (χ4n) is 2.76. The summed E-state index contributed by atoms with van der Waals surface area (Å²) in [5.41, 5.74) is 5.96. The summed E-state index contributed by atoms with van der Waals surface area (Å²) in [7, 11) is 1.62. The van der Waals surface area contributed by atoms with Gasteiger partial charge in [-0.1, -0.05) is 12.8 Å². The Labute approximate surface area is 116 Å². The van der Waals surface area contributed by atoms with Crippen molar-refractivity contribution in [2.45, 2.75) is 44.6 Å². The van der Waals surface area contributed by atoms with Gasteiger partial charge in [0.25, 0.3) is 0 Å². The second-order valence-electron chi connectivity index (χ2n) is 5.43. The average Bonchev–Trinajstić information content (AvgIpc) is 2.41. The third kappa shape index (κ3) is 6.36. The largest absolute Gasteiger partial charge is 0.395 e. The number of carbonyl (C=O) groups excluding carboxylic acids is 1. The van der Waals surface area contributed by atoms with Gasteiger partial charge in [0.1, 0.15) is 0 Å². The lowest BCUT2D eigenvalue weighted by atomic mass is 9.83. The van der Waals surface area contributed by atoms with Gasteiger partial charge in [0.05, 0.1) is 13.2 Å². The number of aliphatic hydroxyl groups is 1. The number of rotatable bonds is 8. The molecule has 19 heavy (non-hydrogen) atoms. The number of ether oxygens (including phenoxy) is 1. The Morgan fingerprint density at radius 3 is 2.84 bits per heavy atom. The molecule has 0 aromatic carbocycles. The molecular formula is C14H28N2O3. The summed E-state index contributed by atoms with van der Waals surface area (Å²) in [4.78, 5) is 13.8. The maximum absolute atomic E-state index is 12.1. The molecule has 0 heterocycles. The van der Waals surface area contributed by atoms with Gasteiger partial charge in [-0.15, -0.1) is 0 Å². The molecule has 3 N–H and O–H groups in total. The van der Waals surface area contributed by atoms with E-state index in [9.17, 15) is 4.79 Å². The SMILES string of the molecule is COCCN(CCO)C(=O)CCC1CCCC(N)C1. The van der Waals surface area contributed by atoms with E-state index in [1.54, 1.807) is 12.0 Å². The molecule has 1 aliphatic carbocycles. The summed E-state index contributed by atoms with van der Waals surface area (Å²) in [6.07, 6.45) is 6.02. The van der Waals surface area contributed by atoms with Crippen molar-refractivity contribution < 1.29 is 14.6 Å². The van der Waals surface area contributed by atoms with E-state index in [1.807, 2.05) is 0 Å². The maximum Gasteiger partial charge on any atom is 0.222 e. The zero-order chi connectivity index (χ0) is 14.1. The van der Waals surface area contributed by atoms with Gasteiger partial charge in [0.15, 0.2) is 0 Å². The molecule has 0 saturated heterocycles. The summed E-state index contributed by atoms with van der Waals surface area (Å²) in [6, 6.07) is 0.316. The van der Waals surface area contributed by atoms with E-state index in [2.05, 4.69) is 0 Å². The fourth-order valence-corrected chi connectivity index (χ4v) is 2.76. The van der Waals surface area contributed by atoms with Crippen molar-refractivity contribution in [3.05, 3.63) is 0 Å². The normalized spacial score (nSPS) is 23.3. The van der Waals surface area contributed by atoms with Crippen LogP contribution < -0.4 is 5.73 Å². The van der Waals surface area contributed by atoms with Crippen LogP contribution in [0.3, 0.4) is 0 Å². The molecule has 0 aromatic rings. The van der Waals surface area contributed by atoms with Gasteiger partial charge in [-0.25, -0.2) is 0 Å². The number of nitrogens with zero attached hydrogens (tertiary/aromatic N) is 1. The van der Waals surface area contributed by atoms with E-state index in [4.69, 9.17) is 15.6 Å². The number of hydrogen-bond acceptors (Lipinski definition) is 4. The highest BCUT2D eigenvalue weighted by molar-refractivity contribution is 5.76. The molecule has 5 nitrogen and oxygen atoms in total. The van der Waals surface area contributed by atoms with E-state index in [0.29, 0.717) is 38.1 Å². The van der Waals surface area contributed by atoms with Gasteiger partial charge in [0, 0.05) is 32.7 Å². The van der Waals surface area contributed by atoms with Crippen molar-refractivity contribution in [2.75, 3.05) is 33.4 Å². The van der Waals surface area contributed by atoms with Crippen LogP contribution >= 0.6 is 0 Å². The van der Waals surface area contributed by atoms with Crippen LogP contribution in [0.25, 0.3) is 0 Å². The van der Waals surface area contributed by atoms with E-state index in [1.165, 1.54) is 12.8 Å². The van der Waals surface area contributed by atoms with Crippen molar-refractivity contribution in [3.8, 4) is 0 Å². The molecule has 2 atom stereocenters. The molecule has 5 heteroatoms. The summed E-state index contributed by atoms with van der Waals surface area (Å²) < 4.78 is 4.99. The second kappa shape index (κ2) is 9.28. The van der Waals surface area contributed by atoms with Crippen LogP contribution in [0, 0.1) is 5.92 Å². The predicted octanol–water partition coefficient (Wildman–Crippen LogP) is 0.751. The smallest absolute Gasteiger partial charge is 0.222 e. The highest BCUT2D eigenvalue weighted by Gasteiger charge is 2.21.